The third kappa shape index (κ3) is 10.1. The molecule has 0 spiro atoms. The van der Waals surface area contributed by atoms with Crippen molar-refractivity contribution in [2.75, 3.05) is 19.7 Å². The fourth-order valence-electron chi connectivity index (χ4n) is 5.15. The van der Waals surface area contributed by atoms with Crippen LogP contribution in [0, 0.1) is 0 Å². The zero-order valence-electron chi connectivity index (χ0n) is 25.7. The van der Waals surface area contributed by atoms with Gasteiger partial charge in [0.15, 0.2) is 0 Å². The topological polar surface area (TPSA) is 79.3 Å². The van der Waals surface area contributed by atoms with Gasteiger partial charge in [-0.2, -0.15) is 0 Å². The summed E-state index contributed by atoms with van der Waals surface area (Å²) in [5.41, 5.74) is 4.61. The van der Waals surface area contributed by atoms with Crippen LogP contribution in [0.4, 0.5) is 0 Å². The van der Waals surface area contributed by atoms with Crippen molar-refractivity contribution in [3.63, 3.8) is 0 Å². The van der Waals surface area contributed by atoms with Gasteiger partial charge >= 0.3 is 5.97 Å². The van der Waals surface area contributed by atoms with Crippen LogP contribution in [0.25, 0.3) is 0 Å². The van der Waals surface area contributed by atoms with Gasteiger partial charge in [0, 0.05) is 31.7 Å². The van der Waals surface area contributed by atoms with Crippen molar-refractivity contribution in [3.05, 3.63) is 167 Å². The molecule has 0 aliphatic rings. The Morgan fingerprint density at radius 3 is 1.72 bits per heavy atom. The van der Waals surface area contributed by atoms with E-state index in [0.717, 1.165) is 24.2 Å². The molecule has 0 saturated heterocycles. The number of nitrogens with zero attached hydrogens (tertiary/aromatic N) is 2. The van der Waals surface area contributed by atoms with Crippen LogP contribution in [0.5, 0.6) is 11.5 Å². The Morgan fingerprint density at radius 2 is 1.11 bits per heavy atom. The summed E-state index contributed by atoms with van der Waals surface area (Å²) in [5, 5.41) is 9.61. The van der Waals surface area contributed by atoms with Crippen molar-refractivity contribution in [2.24, 2.45) is 0 Å². The summed E-state index contributed by atoms with van der Waals surface area (Å²) in [7, 11) is 0. The Bertz CT molecular complexity index is 1640. The van der Waals surface area contributed by atoms with Crippen LogP contribution in [-0.4, -0.2) is 46.5 Å². The molecule has 0 unspecified atom stereocenters. The van der Waals surface area contributed by atoms with Gasteiger partial charge in [-0.3, -0.25) is 14.5 Å². The van der Waals surface area contributed by atoms with Gasteiger partial charge in [0.25, 0.3) is 5.91 Å². The fourth-order valence-corrected chi connectivity index (χ4v) is 5.15. The molecule has 1 amide bonds. The van der Waals surface area contributed by atoms with E-state index in [1.165, 1.54) is 16.0 Å². The lowest BCUT2D eigenvalue weighted by atomic mass is 10.1. The number of aliphatic carboxylic acids is 1. The largest absolute Gasteiger partial charge is 0.492 e. The minimum absolute atomic E-state index is 0.118. The van der Waals surface area contributed by atoms with E-state index in [9.17, 15) is 14.7 Å². The second-order valence-corrected chi connectivity index (χ2v) is 11.0. The Hall–Kier alpha value is -5.40. The first-order valence-corrected chi connectivity index (χ1v) is 15.3. The minimum Gasteiger partial charge on any atom is -0.492 e. The van der Waals surface area contributed by atoms with Crippen molar-refractivity contribution in [1.82, 2.24) is 9.80 Å². The second kappa shape index (κ2) is 16.6. The summed E-state index contributed by atoms with van der Waals surface area (Å²) in [4.78, 5) is 29.0. The molecule has 0 fully saturated rings. The zero-order valence-corrected chi connectivity index (χ0v) is 25.7. The Balaban J connectivity index is 1.22. The number of carboxylic acids is 1. The van der Waals surface area contributed by atoms with Crippen molar-refractivity contribution in [2.45, 2.75) is 26.2 Å². The molecule has 0 atom stereocenters. The molecule has 5 aromatic carbocycles. The second-order valence-electron chi connectivity index (χ2n) is 11.0. The highest BCUT2D eigenvalue weighted by Crippen LogP contribution is 2.20. The maximum Gasteiger partial charge on any atom is 0.323 e. The van der Waals surface area contributed by atoms with Crippen LogP contribution in [0.3, 0.4) is 0 Å². The van der Waals surface area contributed by atoms with Gasteiger partial charge in [0.2, 0.25) is 0 Å². The lowest BCUT2D eigenvalue weighted by Gasteiger charge is -2.23. The zero-order chi connectivity index (χ0) is 32.0. The molecule has 0 heterocycles. The number of carboxylic acid groups (broad SMARTS) is 1. The van der Waals surface area contributed by atoms with E-state index in [2.05, 4.69) is 29.2 Å². The first-order chi connectivity index (χ1) is 22.5. The van der Waals surface area contributed by atoms with Gasteiger partial charge in [-0.1, -0.05) is 109 Å². The van der Waals surface area contributed by atoms with Gasteiger partial charge in [-0.25, -0.2) is 0 Å². The number of hydrogen-bond acceptors (Lipinski definition) is 5. The average molecular weight is 615 g/mol. The highest BCUT2D eigenvalue weighted by Gasteiger charge is 2.20. The summed E-state index contributed by atoms with van der Waals surface area (Å²) < 4.78 is 12.1. The smallest absolute Gasteiger partial charge is 0.323 e. The molecular formula is C39H38N2O5. The lowest BCUT2D eigenvalue weighted by molar-refractivity contribution is -0.137. The van der Waals surface area contributed by atoms with Crippen LogP contribution in [0.1, 0.15) is 32.6 Å². The highest BCUT2D eigenvalue weighted by molar-refractivity contribution is 5.96. The summed E-state index contributed by atoms with van der Waals surface area (Å²) in [6, 6.07) is 44.8. The van der Waals surface area contributed by atoms with Gasteiger partial charge < -0.3 is 19.5 Å². The van der Waals surface area contributed by atoms with Crippen LogP contribution in [-0.2, 0) is 31.0 Å². The maximum absolute atomic E-state index is 13.6. The van der Waals surface area contributed by atoms with Crippen LogP contribution in [0.15, 0.2) is 140 Å². The molecule has 5 aromatic rings. The molecular weight excluding hydrogens is 576 g/mol. The Kier molecular flexibility index (Phi) is 11.6. The SMILES string of the molecule is O=C(O)CN(Cc1cccc(OCc2ccccc2)c1)C(=O)c1cccc(OCCN(Cc2ccccc2)Cc2ccccc2)c1. The summed E-state index contributed by atoms with van der Waals surface area (Å²) in [6.45, 7) is 2.74. The van der Waals surface area contributed by atoms with Gasteiger partial charge in [0.05, 0.1) is 0 Å². The molecule has 0 aliphatic heterocycles. The standard InChI is InChI=1S/C39H38N2O5/c42-38(43)29-41(28-34-18-10-20-36(24-34)46-30-33-16-8-3-9-17-33)39(44)35-19-11-21-37(25-35)45-23-22-40(26-31-12-4-1-5-13-31)27-32-14-6-2-7-15-32/h1-21,24-25H,22-23,26-30H2,(H,42,43). The number of rotatable bonds is 16. The molecule has 0 radical (unpaired) electrons. The molecule has 234 valence electrons. The third-order valence-corrected chi connectivity index (χ3v) is 7.39. The van der Waals surface area contributed by atoms with Gasteiger partial charge in [-0.05, 0) is 52.6 Å². The van der Waals surface area contributed by atoms with E-state index in [1.807, 2.05) is 97.1 Å². The predicted molar refractivity (Wildman–Crippen MR) is 179 cm³/mol. The number of carbonyl (C=O) groups is 2. The van der Waals surface area contributed by atoms with E-state index < -0.39 is 18.4 Å². The number of benzene rings is 5. The molecule has 7 heteroatoms. The van der Waals surface area contributed by atoms with E-state index in [1.54, 1.807) is 18.2 Å². The first-order valence-electron chi connectivity index (χ1n) is 15.3. The van der Waals surface area contributed by atoms with Gasteiger partial charge in [0.1, 0.15) is 31.3 Å². The molecule has 7 nitrogen and oxygen atoms in total. The number of hydrogen-bond donors (Lipinski definition) is 1. The van der Waals surface area contributed by atoms with Crippen LogP contribution >= 0.6 is 0 Å². The van der Waals surface area contributed by atoms with E-state index >= 15 is 0 Å². The third-order valence-electron chi connectivity index (χ3n) is 7.39. The Morgan fingerprint density at radius 1 is 0.565 bits per heavy atom. The lowest BCUT2D eigenvalue weighted by Crippen LogP contribution is -2.35. The predicted octanol–water partition coefficient (Wildman–Crippen LogP) is 7.07. The normalized spacial score (nSPS) is 10.8. The fraction of sp³-hybridized carbons (Fsp3) is 0.179. The molecule has 46 heavy (non-hydrogen) atoms. The number of carbonyl (C=O) groups excluding carboxylic acids is 1. The summed E-state index contributed by atoms with van der Waals surface area (Å²) >= 11 is 0. The van der Waals surface area contributed by atoms with E-state index in [-0.39, 0.29) is 6.54 Å². The van der Waals surface area contributed by atoms with Crippen molar-refractivity contribution < 1.29 is 24.2 Å². The average Bonchev–Trinajstić information content (AvgIpc) is 3.08. The van der Waals surface area contributed by atoms with Gasteiger partial charge in [-0.15, -0.1) is 0 Å². The molecule has 0 aromatic heterocycles. The minimum atomic E-state index is -1.09. The van der Waals surface area contributed by atoms with E-state index in [0.29, 0.717) is 36.8 Å². The monoisotopic (exact) mass is 614 g/mol. The first kappa shape index (κ1) is 32.0. The highest BCUT2D eigenvalue weighted by atomic mass is 16.5. The van der Waals surface area contributed by atoms with Crippen molar-refractivity contribution in [3.8, 4) is 11.5 Å². The molecule has 1 N–H and O–H groups in total. The number of ether oxygens (including phenoxy) is 2. The Labute approximate surface area is 270 Å². The maximum atomic E-state index is 13.6. The molecule has 5 rings (SSSR count). The summed E-state index contributed by atoms with van der Waals surface area (Å²) in [6.07, 6.45) is 0. The molecule has 0 bridgehead atoms. The quantitative estimate of drug-likeness (QED) is 0.128. The van der Waals surface area contributed by atoms with Crippen LogP contribution < -0.4 is 9.47 Å². The molecule has 0 saturated carbocycles. The van der Waals surface area contributed by atoms with E-state index in [4.69, 9.17) is 9.47 Å². The van der Waals surface area contributed by atoms with Crippen molar-refractivity contribution in [1.29, 1.82) is 0 Å². The summed E-state index contributed by atoms with van der Waals surface area (Å²) in [5.74, 6) is -0.280. The van der Waals surface area contributed by atoms with Crippen molar-refractivity contribution >= 4 is 11.9 Å². The van der Waals surface area contributed by atoms with Crippen LogP contribution in [0.2, 0.25) is 0 Å². The number of amides is 1. The molecule has 0 aliphatic carbocycles.